The molecule has 0 unspecified atom stereocenters. The molecule has 0 bridgehead atoms. The zero-order valence-corrected chi connectivity index (χ0v) is 14.5. The minimum atomic E-state index is -1.89. The Balaban J connectivity index is 2.24. The second-order valence-corrected chi connectivity index (χ2v) is 7.74. The van der Waals surface area contributed by atoms with Gasteiger partial charge in [-0.2, -0.15) is 0 Å². The van der Waals surface area contributed by atoms with Crippen molar-refractivity contribution in [3.05, 3.63) is 52.2 Å². The van der Waals surface area contributed by atoms with Crippen molar-refractivity contribution in [2.24, 2.45) is 0 Å². The molecule has 1 heterocycles. The van der Waals surface area contributed by atoms with Gasteiger partial charge >= 0.3 is 5.97 Å². The van der Waals surface area contributed by atoms with Crippen LogP contribution in [0.2, 0.25) is 0 Å². The van der Waals surface area contributed by atoms with Crippen LogP contribution < -0.4 is 10.6 Å². The number of benzene rings is 1. The van der Waals surface area contributed by atoms with E-state index in [2.05, 4.69) is 10.6 Å². The number of carboxylic acid groups (broad SMARTS) is 1. The summed E-state index contributed by atoms with van der Waals surface area (Å²) in [5.41, 5.74) is 0.222. The zero-order chi connectivity index (χ0) is 17.0. The SMILES string of the molecule is O=C(N[C@@H](Nc1ccccc1C(=O)O)C(Cl)(Cl)Cl)c1cccs1. The summed E-state index contributed by atoms with van der Waals surface area (Å²) in [7, 11) is 0. The number of thiophene rings is 1. The average molecular weight is 394 g/mol. The van der Waals surface area contributed by atoms with Crippen LogP contribution in [0.15, 0.2) is 41.8 Å². The summed E-state index contributed by atoms with van der Waals surface area (Å²) >= 11 is 18.9. The topological polar surface area (TPSA) is 78.4 Å². The minimum absolute atomic E-state index is 0.00266. The molecule has 0 fully saturated rings. The summed E-state index contributed by atoms with van der Waals surface area (Å²) in [4.78, 5) is 23.8. The number of halogens is 3. The largest absolute Gasteiger partial charge is 0.478 e. The van der Waals surface area contributed by atoms with E-state index >= 15 is 0 Å². The summed E-state index contributed by atoms with van der Waals surface area (Å²) < 4.78 is -1.89. The van der Waals surface area contributed by atoms with Crippen LogP contribution in [0, 0.1) is 0 Å². The number of aromatic carboxylic acids is 1. The van der Waals surface area contributed by atoms with Crippen LogP contribution in [0.1, 0.15) is 20.0 Å². The van der Waals surface area contributed by atoms with Crippen molar-refractivity contribution in [1.29, 1.82) is 0 Å². The Labute approximate surface area is 151 Å². The average Bonchev–Trinajstić information content (AvgIpc) is 3.00. The Kier molecular flexibility index (Phi) is 5.75. The molecule has 3 N–H and O–H groups in total. The number of para-hydroxylation sites is 1. The third kappa shape index (κ3) is 4.75. The van der Waals surface area contributed by atoms with Gasteiger partial charge in [0.2, 0.25) is 3.79 Å². The van der Waals surface area contributed by atoms with E-state index < -0.39 is 21.8 Å². The lowest BCUT2D eigenvalue weighted by atomic mass is 10.2. The second-order valence-electron chi connectivity index (χ2n) is 4.42. The van der Waals surface area contributed by atoms with Gasteiger partial charge in [-0.1, -0.05) is 53.0 Å². The number of hydrogen-bond donors (Lipinski definition) is 3. The van der Waals surface area contributed by atoms with Crippen LogP contribution in [0.25, 0.3) is 0 Å². The van der Waals surface area contributed by atoms with E-state index in [4.69, 9.17) is 34.8 Å². The van der Waals surface area contributed by atoms with Crippen molar-refractivity contribution in [2.75, 3.05) is 5.32 Å². The lowest BCUT2D eigenvalue weighted by Crippen LogP contribution is -2.49. The van der Waals surface area contributed by atoms with Gasteiger partial charge in [0.05, 0.1) is 16.1 Å². The maximum absolute atomic E-state index is 12.1. The molecule has 0 saturated carbocycles. The highest BCUT2D eigenvalue weighted by atomic mass is 35.6. The molecule has 23 heavy (non-hydrogen) atoms. The van der Waals surface area contributed by atoms with E-state index in [9.17, 15) is 14.7 Å². The third-order valence-corrected chi connectivity index (χ3v) is 4.33. The highest BCUT2D eigenvalue weighted by Crippen LogP contribution is 2.32. The number of alkyl halides is 3. The van der Waals surface area contributed by atoms with Gasteiger partial charge < -0.3 is 15.7 Å². The first-order valence-corrected chi connectivity index (χ1v) is 8.30. The third-order valence-electron chi connectivity index (χ3n) is 2.81. The number of rotatable bonds is 5. The predicted octanol–water partition coefficient (Wildman–Crippen LogP) is 3.98. The molecule has 1 aromatic carbocycles. The fourth-order valence-corrected chi connectivity index (χ4v) is 2.71. The molecule has 0 aliphatic heterocycles. The number of anilines is 1. The van der Waals surface area contributed by atoms with E-state index in [0.717, 1.165) is 0 Å². The number of carboxylic acids is 1. The Morgan fingerprint density at radius 2 is 1.83 bits per heavy atom. The number of nitrogens with one attached hydrogen (secondary N) is 2. The Hall–Kier alpha value is -1.47. The second kappa shape index (κ2) is 7.40. The Morgan fingerprint density at radius 1 is 1.13 bits per heavy atom. The summed E-state index contributed by atoms with van der Waals surface area (Å²) in [6.07, 6.45) is -1.12. The normalized spacial score (nSPS) is 12.5. The Morgan fingerprint density at radius 3 is 2.39 bits per heavy atom. The highest BCUT2D eigenvalue weighted by Gasteiger charge is 2.35. The number of carbonyl (C=O) groups is 2. The molecule has 0 aliphatic rings. The summed E-state index contributed by atoms with van der Waals surface area (Å²) in [5.74, 6) is -1.57. The van der Waals surface area contributed by atoms with E-state index in [1.54, 1.807) is 29.6 Å². The predicted molar refractivity (Wildman–Crippen MR) is 92.9 cm³/mol. The molecule has 2 aromatic rings. The molecule has 1 aromatic heterocycles. The van der Waals surface area contributed by atoms with Crippen LogP contribution in [-0.2, 0) is 0 Å². The molecule has 1 amide bonds. The number of carbonyl (C=O) groups excluding carboxylic acids is 1. The van der Waals surface area contributed by atoms with Gasteiger partial charge in [0, 0.05) is 0 Å². The number of hydrogen-bond acceptors (Lipinski definition) is 4. The van der Waals surface area contributed by atoms with E-state index in [1.165, 1.54) is 23.5 Å². The molecule has 0 saturated heterocycles. The van der Waals surface area contributed by atoms with Gasteiger partial charge in [-0.15, -0.1) is 11.3 Å². The first-order chi connectivity index (χ1) is 10.8. The van der Waals surface area contributed by atoms with Gasteiger partial charge in [-0.05, 0) is 23.6 Å². The molecule has 9 heteroatoms. The highest BCUT2D eigenvalue weighted by molar-refractivity contribution is 7.12. The maximum atomic E-state index is 12.1. The van der Waals surface area contributed by atoms with E-state index in [1.807, 2.05) is 0 Å². The van der Waals surface area contributed by atoms with Crippen LogP contribution in [0.3, 0.4) is 0 Å². The van der Waals surface area contributed by atoms with E-state index in [-0.39, 0.29) is 11.3 Å². The molecule has 0 radical (unpaired) electrons. The van der Waals surface area contributed by atoms with Crippen molar-refractivity contribution >= 4 is 63.7 Å². The van der Waals surface area contributed by atoms with Gasteiger partial charge in [0.15, 0.2) is 0 Å². The fraction of sp³-hybridized carbons (Fsp3) is 0.143. The van der Waals surface area contributed by atoms with Crippen molar-refractivity contribution in [1.82, 2.24) is 5.32 Å². The Bertz CT molecular complexity index is 702. The van der Waals surface area contributed by atoms with Crippen LogP contribution in [0.4, 0.5) is 5.69 Å². The molecule has 1 atom stereocenters. The first-order valence-electron chi connectivity index (χ1n) is 6.29. The molecule has 5 nitrogen and oxygen atoms in total. The summed E-state index contributed by atoms with van der Waals surface area (Å²) in [5, 5.41) is 16.2. The molecule has 0 aliphatic carbocycles. The minimum Gasteiger partial charge on any atom is -0.478 e. The first kappa shape index (κ1) is 17.9. The van der Waals surface area contributed by atoms with Crippen LogP contribution >= 0.6 is 46.1 Å². The fourth-order valence-electron chi connectivity index (χ4n) is 1.76. The van der Waals surface area contributed by atoms with Gasteiger partial charge in [-0.3, -0.25) is 4.79 Å². The molecular formula is C14H11Cl3N2O3S. The summed E-state index contributed by atoms with van der Waals surface area (Å²) in [6, 6.07) is 9.47. The van der Waals surface area contributed by atoms with Crippen LogP contribution in [0.5, 0.6) is 0 Å². The smallest absolute Gasteiger partial charge is 0.337 e. The van der Waals surface area contributed by atoms with Crippen molar-refractivity contribution in [3.8, 4) is 0 Å². The molecule has 122 valence electrons. The van der Waals surface area contributed by atoms with Crippen molar-refractivity contribution in [3.63, 3.8) is 0 Å². The van der Waals surface area contributed by atoms with Crippen molar-refractivity contribution in [2.45, 2.75) is 9.96 Å². The molecular weight excluding hydrogens is 383 g/mol. The van der Waals surface area contributed by atoms with Gasteiger partial charge in [0.1, 0.15) is 6.17 Å². The maximum Gasteiger partial charge on any atom is 0.337 e. The molecule has 2 rings (SSSR count). The number of amides is 1. The van der Waals surface area contributed by atoms with Gasteiger partial charge in [0.25, 0.3) is 5.91 Å². The molecule has 0 spiro atoms. The van der Waals surface area contributed by atoms with Crippen LogP contribution in [-0.4, -0.2) is 26.9 Å². The standard InChI is InChI=1S/C14H11Cl3N2O3S/c15-14(16,17)13(19-11(20)10-6-3-7-23-10)18-9-5-2-1-4-8(9)12(21)22/h1-7,13,18H,(H,19,20)(H,21,22)/t13-/m1/s1. The lowest BCUT2D eigenvalue weighted by Gasteiger charge is -2.27. The van der Waals surface area contributed by atoms with E-state index in [0.29, 0.717) is 4.88 Å². The monoisotopic (exact) mass is 392 g/mol. The van der Waals surface area contributed by atoms with Crippen molar-refractivity contribution < 1.29 is 14.7 Å². The lowest BCUT2D eigenvalue weighted by molar-refractivity contribution is 0.0697. The summed E-state index contributed by atoms with van der Waals surface area (Å²) in [6.45, 7) is 0. The quantitative estimate of drug-likeness (QED) is 0.530. The zero-order valence-electron chi connectivity index (χ0n) is 11.4. The van der Waals surface area contributed by atoms with Gasteiger partial charge in [-0.25, -0.2) is 4.79 Å².